The molecular formula is C12H20N4O4S2. The summed E-state index contributed by atoms with van der Waals surface area (Å²) >= 11 is 0. The van der Waals surface area contributed by atoms with Crippen LogP contribution in [0.3, 0.4) is 0 Å². The predicted molar refractivity (Wildman–Crippen MR) is 80.1 cm³/mol. The van der Waals surface area contributed by atoms with Crippen molar-refractivity contribution in [2.45, 2.75) is 36.0 Å². The van der Waals surface area contributed by atoms with Crippen molar-refractivity contribution < 1.29 is 16.8 Å². The van der Waals surface area contributed by atoms with Gasteiger partial charge in [-0.25, -0.2) is 26.1 Å². The third-order valence-corrected chi connectivity index (χ3v) is 8.56. The maximum Gasteiger partial charge on any atom is 0.260 e. The van der Waals surface area contributed by atoms with Crippen LogP contribution in [-0.4, -0.2) is 66.8 Å². The molecule has 0 bridgehead atoms. The number of rotatable bonds is 4. The van der Waals surface area contributed by atoms with Crippen LogP contribution in [0.25, 0.3) is 0 Å². The molecule has 0 amide bonds. The lowest BCUT2D eigenvalue weighted by atomic mass is 10.2. The Bertz CT molecular complexity index is 700. The number of aromatic nitrogens is 2. The molecule has 22 heavy (non-hydrogen) atoms. The maximum absolute atomic E-state index is 12.5. The zero-order valence-electron chi connectivity index (χ0n) is 12.2. The summed E-state index contributed by atoms with van der Waals surface area (Å²) < 4.78 is 52.6. The Hall–Kier alpha value is -0.970. The fraction of sp³-hybridized carbons (Fsp3) is 0.750. The predicted octanol–water partition coefficient (Wildman–Crippen LogP) is -0.0116. The number of aromatic amines is 1. The van der Waals surface area contributed by atoms with Crippen LogP contribution in [0.1, 0.15) is 25.7 Å². The molecule has 3 rings (SSSR count). The Morgan fingerprint density at radius 3 is 2.18 bits per heavy atom. The second-order valence-electron chi connectivity index (χ2n) is 5.67. The Morgan fingerprint density at radius 2 is 1.64 bits per heavy atom. The highest BCUT2D eigenvalue weighted by atomic mass is 32.2. The van der Waals surface area contributed by atoms with Gasteiger partial charge in [-0.05, 0) is 25.7 Å². The molecule has 2 fully saturated rings. The van der Waals surface area contributed by atoms with Gasteiger partial charge in [-0.15, -0.1) is 0 Å². The number of imidazole rings is 1. The minimum absolute atomic E-state index is 0.0494. The van der Waals surface area contributed by atoms with Crippen molar-refractivity contribution in [2.75, 3.05) is 26.2 Å². The first-order valence-corrected chi connectivity index (χ1v) is 10.3. The van der Waals surface area contributed by atoms with Gasteiger partial charge in [-0.1, -0.05) is 0 Å². The molecule has 2 aliphatic heterocycles. The Labute approximate surface area is 130 Å². The van der Waals surface area contributed by atoms with E-state index in [0.717, 1.165) is 12.8 Å². The molecule has 124 valence electrons. The van der Waals surface area contributed by atoms with E-state index < -0.39 is 25.3 Å². The van der Waals surface area contributed by atoms with Crippen molar-refractivity contribution in [2.24, 2.45) is 0 Å². The van der Waals surface area contributed by atoms with Crippen LogP contribution in [0.4, 0.5) is 0 Å². The Morgan fingerprint density at radius 1 is 1.00 bits per heavy atom. The first-order valence-electron chi connectivity index (χ1n) is 7.40. The summed E-state index contributed by atoms with van der Waals surface area (Å²) in [5.74, 6) is 0. The third kappa shape index (κ3) is 2.80. The number of nitrogens with zero attached hydrogens (tertiary/aromatic N) is 3. The first-order chi connectivity index (χ1) is 10.4. The van der Waals surface area contributed by atoms with Gasteiger partial charge in [0.15, 0.2) is 5.03 Å². The van der Waals surface area contributed by atoms with E-state index in [0.29, 0.717) is 25.9 Å². The van der Waals surface area contributed by atoms with Crippen LogP contribution < -0.4 is 0 Å². The van der Waals surface area contributed by atoms with Gasteiger partial charge in [0.1, 0.15) is 0 Å². The lowest BCUT2D eigenvalue weighted by Crippen LogP contribution is -2.46. The number of nitrogens with one attached hydrogen (secondary N) is 1. The minimum atomic E-state index is -3.60. The largest absolute Gasteiger partial charge is 0.335 e. The molecule has 0 atom stereocenters. The van der Waals surface area contributed by atoms with Crippen LogP contribution in [0.15, 0.2) is 17.6 Å². The molecule has 1 aromatic rings. The number of piperidine rings is 1. The number of sulfonamides is 2. The van der Waals surface area contributed by atoms with E-state index in [2.05, 4.69) is 9.97 Å². The molecule has 0 saturated carbocycles. The topological polar surface area (TPSA) is 103 Å². The monoisotopic (exact) mass is 348 g/mol. The molecule has 0 unspecified atom stereocenters. The lowest BCUT2D eigenvalue weighted by Gasteiger charge is -2.32. The van der Waals surface area contributed by atoms with Gasteiger partial charge in [-0.3, -0.25) is 0 Å². The van der Waals surface area contributed by atoms with Crippen molar-refractivity contribution in [1.82, 2.24) is 18.6 Å². The van der Waals surface area contributed by atoms with Crippen LogP contribution in [0.5, 0.6) is 0 Å². The number of hydrogen-bond donors (Lipinski definition) is 1. The SMILES string of the molecule is O=S(=O)(c1cnc[nH]1)N1CCC(S(=O)(=O)N2CCCC2)CC1. The van der Waals surface area contributed by atoms with E-state index >= 15 is 0 Å². The van der Waals surface area contributed by atoms with Crippen molar-refractivity contribution >= 4 is 20.0 Å². The molecule has 0 aliphatic carbocycles. The zero-order chi connectivity index (χ0) is 15.8. The smallest absolute Gasteiger partial charge is 0.260 e. The molecule has 0 aromatic carbocycles. The standard InChI is InChI=1S/C12H20N4O4S2/c17-21(18,15-5-1-2-6-15)11-3-7-16(8-4-11)22(19,20)12-9-13-10-14-12/h9-11H,1-8H2,(H,13,14). The second kappa shape index (κ2) is 5.91. The van der Waals surface area contributed by atoms with Crippen molar-refractivity contribution in [1.29, 1.82) is 0 Å². The average Bonchev–Trinajstić information content (AvgIpc) is 3.20. The summed E-state index contributed by atoms with van der Waals surface area (Å²) in [5, 5.41) is -0.424. The molecule has 8 nitrogen and oxygen atoms in total. The van der Waals surface area contributed by atoms with E-state index in [9.17, 15) is 16.8 Å². The van der Waals surface area contributed by atoms with Gasteiger partial charge < -0.3 is 4.98 Å². The van der Waals surface area contributed by atoms with E-state index in [1.54, 1.807) is 4.31 Å². The summed E-state index contributed by atoms with van der Waals surface area (Å²) in [6, 6.07) is 0. The maximum atomic E-state index is 12.5. The summed E-state index contributed by atoms with van der Waals surface area (Å²) in [6.07, 6.45) is 5.08. The van der Waals surface area contributed by atoms with Gasteiger partial charge in [0, 0.05) is 26.2 Å². The fourth-order valence-corrected chi connectivity index (χ4v) is 6.41. The molecule has 0 spiro atoms. The van der Waals surface area contributed by atoms with Gasteiger partial charge in [0.25, 0.3) is 10.0 Å². The normalized spacial score (nSPS) is 23.1. The minimum Gasteiger partial charge on any atom is -0.335 e. The molecule has 1 N–H and O–H groups in total. The second-order valence-corrected chi connectivity index (χ2v) is 9.79. The van der Waals surface area contributed by atoms with Crippen molar-refractivity contribution in [3.63, 3.8) is 0 Å². The van der Waals surface area contributed by atoms with Crippen LogP contribution in [0.2, 0.25) is 0 Å². The quantitative estimate of drug-likeness (QED) is 0.824. The van der Waals surface area contributed by atoms with Gasteiger partial charge in [-0.2, -0.15) is 4.31 Å². The average molecular weight is 348 g/mol. The Kier molecular flexibility index (Phi) is 4.27. The summed E-state index contributed by atoms with van der Waals surface area (Å²) in [4.78, 5) is 6.32. The van der Waals surface area contributed by atoms with Crippen molar-refractivity contribution in [3.05, 3.63) is 12.5 Å². The van der Waals surface area contributed by atoms with Gasteiger partial charge in [0.2, 0.25) is 10.0 Å². The van der Waals surface area contributed by atoms with Crippen LogP contribution in [0, 0.1) is 0 Å². The highest BCUT2D eigenvalue weighted by molar-refractivity contribution is 7.90. The van der Waals surface area contributed by atoms with Crippen LogP contribution >= 0.6 is 0 Å². The molecule has 2 aliphatic rings. The van der Waals surface area contributed by atoms with E-state index in [1.165, 1.54) is 16.8 Å². The molecule has 0 radical (unpaired) electrons. The highest BCUT2D eigenvalue weighted by Gasteiger charge is 2.38. The highest BCUT2D eigenvalue weighted by Crippen LogP contribution is 2.26. The number of hydrogen-bond acceptors (Lipinski definition) is 5. The van der Waals surface area contributed by atoms with E-state index in [-0.39, 0.29) is 18.1 Å². The molecular weight excluding hydrogens is 328 g/mol. The summed E-state index contributed by atoms with van der Waals surface area (Å²) in [5.41, 5.74) is 0. The third-order valence-electron chi connectivity index (χ3n) is 4.34. The lowest BCUT2D eigenvalue weighted by molar-refractivity contribution is 0.336. The first kappa shape index (κ1) is 15.9. The molecule has 3 heterocycles. The zero-order valence-corrected chi connectivity index (χ0v) is 13.8. The number of H-pyrrole nitrogens is 1. The van der Waals surface area contributed by atoms with E-state index in [4.69, 9.17) is 0 Å². The fourth-order valence-electron chi connectivity index (χ4n) is 3.05. The molecule has 10 heteroatoms. The molecule has 2 saturated heterocycles. The van der Waals surface area contributed by atoms with Gasteiger partial charge >= 0.3 is 0 Å². The van der Waals surface area contributed by atoms with E-state index in [1.807, 2.05) is 0 Å². The van der Waals surface area contributed by atoms with Crippen molar-refractivity contribution in [3.8, 4) is 0 Å². The van der Waals surface area contributed by atoms with Crippen LogP contribution in [-0.2, 0) is 20.0 Å². The summed E-state index contributed by atoms with van der Waals surface area (Å²) in [6.45, 7) is 1.63. The van der Waals surface area contributed by atoms with Gasteiger partial charge in [0.05, 0.1) is 17.8 Å². The summed E-state index contributed by atoms with van der Waals surface area (Å²) in [7, 11) is -6.89. The molecule has 1 aromatic heterocycles. The Balaban J connectivity index is 1.68.